The number of fused-ring (bicyclic) bond motifs is 1. The molecule has 1 aromatic carbocycles. The maximum Gasteiger partial charge on any atom is 0.344 e. The van der Waals surface area contributed by atoms with Crippen molar-refractivity contribution in [2.24, 2.45) is 0 Å². The summed E-state index contributed by atoms with van der Waals surface area (Å²) in [6, 6.07) is 6.51. The van der Waals surface area contributed by atoms with E-state index in [9.17, 15) is 4.79 Å². The van der Waals surface area contributed by atoms with Crippen molar-refractivity contribution >= 4 is 39.4 Å². The molecule has 0 radical (unpaired) electrons. The third-order valence-corrected chi connectivity index (χ3v) is 4.73. The molecule has 1 amide bonds. The molecule has 2 heterocycles. The molecule has 20 heavy (non-hydrogen) atoms. The molecule has 0 aliphatic carbocycles. The smallest absolute Gasteiger partial charge is 0.247 e. The van der Waals surface area contributed by atoms with Crippen LogP contribution in [0.1, 0.15) is 18.1 Å². The lowest BCUT2D eigenvalue weighted by atomic mass is 10.1. The molecule has 2 aromatic rings. The van der Waals surface area contributed by atoms with Crippen LogP contribution in [0.25, 0.3) is 10.4 Å². The van der Waals surface area contributed by atoms with Gasteiger partial charge in [-0.3, -0.25) is 0 Å². The number of aryl methyl sites for hydroxylation is 2. The molecule has 0 spiro atoms. The molecule has 1 aromatic heterocycles. The van der Waals surface area contributed by atoms with Crippen LogP contribution in [-0.4, -0.2) is 12.5 Å². The van der Waals surface area contributed by atoms with Crippen molar-refractivity contribution in [1.29, 1.82) is 0 Å². The summed E-state index contributed by atoms with van der Waals surface area (Å²) in [6.45, 7) is 7.58. The zero-order valence-corrected chi connectivity index (χ0v) is 14.4. The van der Waals surface area contributed by atoms with Crippen LogP contribution in [0.3, 0.4) is 0 Å². The standard InChI is InChI=1S/C15H17N2OS.BrH/c1-10-4-5-13(11(2)8-10)14-9-16-6-7-17(12(3)18)15(16)19-14;/h4-5,8-9H,6-7H2,1-3H3;1H/q+1;. The quantitative estimate of drug-likeness (QED) is 0.722. The first kappa shape index (κ1) is 15.2. The lowest BCUT2D eigenvalue weighted by Crippen LogP contribution is -2.28. The summed E-state index contributed by atoms with van der Waals surface area (Å²) in [6.07, 6.45) is 2.17. The maximum atomic E-state index is 11.6. The van der Waals surface area contributed by atoms with Gasteiger partial charge in [-0.2, -0.15) is 4.90 Å². The van der Waals surface area contributed by atoms with Gasteiger partial charge >= 0.3 is 11.0 Å². The number of hydrogen-bond acceptors (Lipinski definition) is 2. The van der Waals surface area contributed by atoms with Crippen LogP contribution < -0.4 is 9.47 Å². The number of aromatic nitrogens is 1. The summed E-state index contributed by atoms with van der Waals surface area (Å²) in [5, 5.41) is 1.06. The number of amides is 1. The predicted molar refractivity (Wildman–Crippen MR) is 87.8 cm³/mol. The van der Waals surface area contributed by atoms with E-state index in [0.717, 1.165) is 18.2 Å². The normalized spacial score (nSPS) is 13.1. The van der Waals surface area contributed by atoms with Gasteiger partial charge in [0, 0.05) is 6.92 Å². The molecule has 0 fully saturated rings. The molecule has 0 atom stereocenters. The van der Waals surface area contributed by atoms with E-state index in [4.69, 9.17) is 0 Å². The number of benzene rings is 1. The zero-order valence-electron chi connectivity index (χ0n) is 11.8. The Hall–Kier alpha value is -1.20. The average molecular weight is 354 g/mol. The Morgan fingerprint density at radius 3 is 2.75 bits per heavy atom. The van der Waals surface area contributed by atoms with E-state index in [0.29, 0.717) is 0 Å². The minimum atomic E-state index is 0. The van der Waals surface area contributed by atoms with Crippen LogP contribution >= 0.6 is 28.3 Å². The first-order valence-corrected chi connectivity index (χ1v) is 7.27. The molecule has 0 bridgehead atoms. The molecule has 1 aliphatic heterocycles. The SMILES string of the molecule is Br.CC(=O)N1CC[n+]2cc(-c3ccc(C)cc3C)sc21. The van der Waals surface area contributed by atoms with Crippen LogP contribution in [0, 0.1) is 13.8 Å². The molecule has 0 unspecified atom stereocenters. The molecule has 106 valence electrons. The van der Waals surface area contributed by atoms with Gasteiger partial charge in [-0.05, 0) is 36.3 Å². The molecule has 3 rings (SSSR count). The van der Waals surface area contributed by atoms with Crippen LogP contribution in [0.5, 0.6) is 0 Å². The molecular formula is C15H18BrN2OS+. The zero-order chi connectivity index (χ0) is 13.6. The summed E-state index contributed by atoms with van der Waals surface area (Å²) in [7, 11) is 0. The number of nitrogens with zero attached hydrogens (tertiary/aromatic N) is 2. The van der Waals surface area contributed by atoms with Crippen molar-refractivity contribution < 1.29 is 9.36 Å². The molecule has 3 nitrogen and oxygen atoms in total. The number of rotatable bonds is 1. The molecule has 1 aliphatic rings. The second-order valence-electron chi connectivity index (χ2n) is 5.06. The fourth-order valence-electron chi connectivity index (χ4n) is 2.56. The van der Waals surface area contributed by atoms with Gasteiger partial charge in [-0.25, -0.2) is 9.36 Å². The van der Waals surface area contributed by atoms with E-state index < -0.39 is 0 Å². The lowest BCUT2D eigenvalue weighted by molar-refractivity contribution is -0.666. The van der Waals surface area contributed by atoms with Crippen LogP contribution in [-0.2, 0) is 11.3 Å². The molecule has 0 N–H and O–H groups in total. The van der Waals surface area contributed by atoms with E-state index in [1.807, 2.05) is 4.90 Å². The number of carbonyl (C=O) groups excluding carboxylic acids is 1. The predicted octanol–water partition coefficient (Wildman–Crippen LogP) is 3.26. The minimum Gasteiger partial charge on any atom is -0.247 e. The number of halogens is 1. The second-order valence-corrected chi connectivity index (χ2v) is 6.07. The Balaban J connectivity index is 0.00000147. The summed E-state index contributed by atoms with van der Waals surface area (Å²) in [5.41, 5.74) is 3.83. The average Bonchev–Trinajstić information content (AvgIpc) is 2.87. The fourth-order valence-corrected chi connectivity index (χ4v) is 3.87. The highest BCUT2D eigenvalue weighted by Crippen LogP contribution is 2.33. The second kappa shape index (κ2) is 5.66. The third-order valence-electron chi connectivity index (χ3n) is 3.54. The van der Waals surface area contributed by atoms with Crippen molar-refractivity contribution in [2.75, 3.05) is 11.4 Å². The van der Waals surface area contributed by atoms with Gasteiger partial charge in [-0.1, -0.05) is 23.8 Å². The Labute approximate surface area is 133 Å². The maximum absolute atomic E-state index is 11.6. The fraction of sp³-hybridized carbons (Fsp3) is 0.333. The van der Waals surface area contributed by atoms with Crippen molar-refractivity contribution in [3.8, 4) is 10.4 Å². The first-order chi connectivity index (χ1) is 9.06. The largest absolute Gasteiger partial charge is 0.344 e. The van der Waals surface area contributed by atoms with Crippen molar-refractivity contribution in [2.45, 2.75) is 27.3 Å². The molecule has 5 heteroatoms. The summed E-state index contributed by atoms with van der Waals surface area (Å²) >= 11 is 1.70. The number of anilines is 1. The van der Waals surface area contributed by atoms with Crippen LogP contribution in [0.2, 0.25) is 0 Å². The Kier molecular flexibility index (Phi) is 4.30. The third kappa shape index (κ3) is 2.52. The van der Waals surface area contributed by atoms with Crippen LogP contribution in [0.15, 0.2) is 24.4 Å². The van der Waals surface area contributed by atoms with Crippen molar-refractivity contribution in [3.05, 3.63) is 35.5 Å². The monoisotopic (exact) mass is 353 g/mol. The van der Waals surface area contributed by atoms with Crippen molar-refractivity contribution in [3.63, 3.8) is 0 Å². The molecule has 0 saturated heterocycles. The van der Waals surface area contributed by atoms with Gasteiger partial charge in [0.2, 0.25) is 0 Å². The first-order valence-electron chi connectivity index (χ1n) is 6.45. The number of thiazole rings is 1. The van der Waals surface area contributed by atoms with E-state index in [1.54, 1.807) is 18.3 Å². The summed E-state index contributed by atoms with van der Waals surface area (Å²) < 4.78 is 2.18. The van der Waals surface area contributed by atoms with E-state index in [2.05, 4.69) is 42.8 Å². The lowest BCUT2D eigenvalue weighted by Gasteiger charge is -2.04. The topological polar surface area (TPSA) is 24.2 Å². The van der Waals surface area contributed by atoms with E-state index in [-0.39, 0.29) is 22.9 Å². The summed E-state index contributed by atoms with van der Waals surface area (Å²) in [5.74, 6) is 0.125. The van der Waals surface area contributed by atoms with Gasteiger partial charge < -0.3 is 0 Å². The highest BCUT2D eigenvalue weighted by atomic mass is 79.9. The van der Waals surface area contributed by atoms with Gasteiger partial charge in [0.15, 0.2) is 0 Å². The van der Waals surface area contributed by atoms with Crippen LogP contribution in [0.4, 0.5) is 5.13 Å². The summed E-state index contributed by atoms with van der Waals surface area (Å²) in [4.78, 5) is 14.7. The van der Waals surface area contributed by atoms with Gasteiger partial charge in [0.05, 0.1) is 4.88 Å². The van der Waals surface area contributed by atoms with Crippen molar-refractivity contribution in [1.82, 2.24) is 0 Å². The van der Waals surface area contributed by atoms with E-state index >= 15 is 0 Å². The van der Waals surface area contributed by atoms with E-state index in [1.165, 1.54) is 21.6 Å². The molecular weight excluding hydrogens is 336 g/mol. The Morgan fingerprint density at radius 1 is 1.35 bits per heavy atom. The Morgan fingerprint density at radius 2 is 2.10 bits per heavy atom. The highest BCUT2D eigenvalue weighted by molar-refractivity contribution is 8.93. The minimum absolute atomic E-state index is 0. The van der Waals surface area contributed by atoms with Gasteiger partial charge in [0.1, 0.15) is 19.3 Å². The highest BCUT2D eigenvalue weighted by Gasteiger charge is 2.34. The van der Waals surface area contributed by atoms with Gasteiger partial charge in [-0.15, -0.1) is 17.0 Å². The Bertz CT molecular complexity index is 666. The van der Waals surface area contributed by atoms with Gasteiger partial charge in [0.25, 0.3) is 0 Å². The molecule has 0 saturated carbocycles. The number of hydrogen-bond donors (Lipinski definition) is 0. The number of carbonyl (C=O) groups is 1.